The average Bonchev–Trinajstić information content (AvgIpc) is 1.69. The summed E-state index contributed by atoms with van der Waals surface area (Å²) in [5, 5.41) is 0. The second kappa shape index (κ2) is 5.41. The second-order valence-electron chi connectivity index (χ2n) is 1.36. The van der Waals surface area contributed by atoms with Gasteiger partial charge in [-0.15, -0.1) is 0 Å². The first-order valence-corrected chi connectivity index (χ1v) is 2.52. The van der Waals surface area contributed by atoms with Crippen molar-refractivity contribution in [2.45, 2.75) is 19.8 Å². The molecule has 0 aromatic rings. The fraction of sp³-hybridized carbons (Fsp3) is 0.500. The number of unbranched alkanes of at least 4 members (excludes halogenated alkanes) is 1. The monoisotopic (exact) mass is 97.1 g/mol. The molecule has 7 heavy (non-hydrogen) atoms. The predicted octanol–water partition coefficient (Wildman–Crippen LogP) is 2.00. The summed E-state index contributed by atoms with van der Waals surface area (Å²) in [4.78, 5) is 3.54. The van der Waals surface area contributed by atoms with E-state index >= 15 is 0 Å². The molecule has 0 spiro atoms. The Morgan fingerprint density at radius 2 is 2.43 bits per heavy atom. The van der Waals surface area contributed by atoms with Gasteiger partial charge in [-0.05, 0) is 13.1 Å². The van der Waals surface area contributed by atoms with Crippen molar-refractivity contribution in [1.82, 2.24) is 0 Å². The summed E-state index contributed by atoms with van der Waals surface area (Å²) in [7, 11) is 0. The minimum atomic E-state index is 1.11. The Balaban J connectivity index is 2.92. The predicted molar refractivity (Wildman–Crippen MR) is 33.6 cm³/mol. The van der Waals surface area contributed by atoms with Crippen LogP contribution in [0.15, 0.2) is 17.3 Å². The molecule has 0 radical (unpaired) electrons. The van der Waals surface area contributed by atoms with E-state index in [1.807, 2.05) is 6.08 Å². The first-order valence-electron chi connectivity index (χ1n) is 2.52. The SMILES string of the molecule is C=N/C=C/CCC. The molecule has 0 atom stereocenters. The summed E-state index contributed by atoms with van der Waals surface area (Å²) in [6, 6.07) is 0. The molecular weight excluding hydrogens is 86.1 g/mol. The van der Waals surface area contributed by atoms with Crippen molar-refractivity contribution >= 4 is 6.72 Å². The Kier molecular flexibility index (Phi) is 4.95. The standard InChI is InChI=1S/C6H11N/c1-3-4-5-6-7-2/h5-6H,2-4H2,1H3/b6-5+. The molecule has 0 rings (SSSR count). The molecule has 0 aliphatic carbocycles. The molecule has 0 amide bonds. The molecule has 40 valence electrons. The van der Waals surface area contributed by atoms with Crippen molar-refractivity contribution < 1.29 is 0 Å². The van der Waals surface area contributed by atoms with E-state index in [0.717, 1.165) is 6.42 Å². The normalized spacial score (nSPS) is 9.86. The summed E-state index contributed by atoms with van der Waals surface area (Å²) in [5.74, 6) is 0. The Morgan fingerprint density at radius 3 is 2.86 bits per heavy atom. The highest BCUT2D eigenvalue weighted by Crippen LogP contribution is 1.86. The van der Waals surface area contributed by atoms with E-state index in [4.69, 9.17) is 0 Å². The topological polar surface area (TPSA) is 12.4 Å². The smallest absolute Gasteiger partial charge is 0.0220 e. The summed E-state index contributed by atoms with van der Waals surface area (Å²) in [5.41, 5.74) is 0. The molecule has 0 saturated heterocycles. The van der Waals surface area contributed by atoms with Gasteiger partial charge < -0.3 is 0 Å². The molecule has 0 aliphatic heterocycles. The van der Waals surface area contributed by atoms with Crippen LogP contribution in [0.1, 0.15) is 19.8 Å². The van der Waals surface area contributed by atoms with Gasteiger partial charge in [-0.1, -0.05) is 19.4 Å². The zero-order valence-corrected chi connectivity index (χ0v) is 4.72. The van der Waals surface area contributed by atoms with Crippen molar-refractivity contribution in [2.24, 2.45) is 4.99 Å². The Bertz CT molecular complexity index is 64.6. The van der Waals surface area contributed by atoms with Gasteiger partial charge in [-0.2, -0.15) is 0 Å². The zero-order valence-electron chi connectivity index (χ0n) is 4.72. The fourth-order valence-corrected chi connectivity index (χ4v) is 0.316. The van der Waals surface area contributed by atoms with Crippen LogP contribution in [0.25, 0.3) is 0 Å². The molecule has 0 heterocycles. The molecule has 0 aliphatic rings. The van der Waals surface area contributed by atoms with Crippen LogP contribution in [0.4, 0.5) is 0 Å². The maximum atomic E-state index is 3.54. The summed E-state index contributed by atoms with van der Waals surface area (Å²) < 4.78 is 0. The maximum Gasteiger partial charge on any atom is 0.0220 e. The molecule has 0 bridgehead atoms. The van der Waals surface area contributed by atoms with E-state index in [1.165, 1.54) is 6.42 Å². The highest BCUT2D eigenvalue weighted by Gasteiger charge is 1.66. The maximum absolute atomic E-state index is 3.54. The summed E-state index contributed by atoms with van der Waals surface area (Å²) in [6.07, 6.45) is 6.03. The quantitative estimate of drug-likeness (QED) is 0.477. The molecule has 1 nitrogen and oxygen atoms in total. The molecule has 1 heteroatoms. The minimum absolute atomic E-state index is 1.11. The third-order valence-electron chi connectivity index (χ3n) is 0.666. The van der Waals surface area contributed by atoms with Gasteiger partial charge in [0.05, 0.1) is 0 Å². The third-order valence-corrected chi connectivity index (χ3v) is 0.666. The number of allylic oxidation sites excluding steroid dienone is 1. The molecule has 0 fully saturated rings. The number of hydrogen-bond donors (Lipinski definition) is 0. The van der Waals surface area contributed by atoms with E-state index in [9.17, 15) is 0 Å². The van der Waals surface area contributed by atoms with Gasteiger partial charge in [-0.3, -0.25) is 4.99 Å². The Labute approximate surface area is 44.8 Å². The molecule has 0 aromatic carbocycles. The lowest BCUT2D eigenvalue weighted by molar-refractivity contribution is 0.956. The van der Waals surface area contributed by atoms with Crippen LogP contribution in [0.2, 0.25) is 0 Å². The van der Waals surface area contributed by atoms with Gasteiger partial charge in [0.25, 0.3) is 0 Å². The van der Waals surface area contributed by atoms with Gasteiger partial charge in [0.2, 0.25) is 0 Å². The molecule has 0 unspecified atom stereocenters. The minimum Gasteiger partial charge on any atom is -0.273 e. The van der Waals surface area contributed by atoms with E-state index < -0.39 is 0 Å². The van der Waals surface area contributed by atoms with Crippen LogP contribution in [-0.4, -0.2) is 6.72 Å². The van der Waals surface area contributed by atoms with E-state index in [2.05, 4.69) is 18.6 Å². The number of rotatable bonds is 3. The molecule has 0 aromatic heterocycles. The van der Waals surface area contributed by atoms with Gasteiger partial charge >= 0.3 is 0 Å². The first-order chi connectivity index (χ1) is 3.41. The lowest BCUT2D eigenvalue weighted by Crippen LogP contribution is -1.57. The highest BCUT2D eigenvalue weighted by molar-refractivity contribution is 5.25. The largest absolute Gasteiger partial charge is 0.273 e. The molecular formula is C6H11N. The van der Waals surface area contributed by atoms with Crippen LogP contribution in [-0.2, 0) is 0 Å². The van der Waals surface area contributed by atoms with Crippen LogP contribution in [0, 0.1) is 0 Å². The average molecular weight is 97.2 g/mol. The van der Waals surface area contributed by atoms with Crippen LogP contribution in [0.5, 0.6) is 0 Å². The van der Waals surface area contributed by atoms with Crippen LogP contribution >= 0.6 is 0 Å². The van der Waals surface area contributed by atoms with Crippen molar-refractivity contribution in [3.8, 4) is 0 Å². The van der Waals surface area contributed by atoms with Crippen molar-refractivity contribution in [3.05, 3.63) is 12.3 Å². The zero-order chi connectivity index (χ0) is 5.54. The number of aliphatic imine (C=N–C) groups is 1. The van der Waals surface area contributed by atoms with E-state index in [-0.39, 0.29) is 0 Å². The second-order valence-corrected chi connectivity index (χ2v) is 1.36. The Hall–Kier alpha value is -0.590. The van der Waals surface area contributed by atoms with Gasteiger partial charge in [0.1, 0.15) is 0 Å². The van der Waals surface area contributed by atoms with E-state index in [0.29, 0.717) is 0 Å². The van der Waals surface area contributed by atoms with Crippen molar-refractivity contribution in [1.29, 1.82) is 0 Å². The first kappa shape index (κ1) is 6.41. The summed E-state index contributed by atoms with van der Waals surface area (Å²) >= 11 is 0. The molecule has 0 saturated carbocycles. The third kappa shape index (κ3) is 5.41. The highest BCUT2D eigenvalue weighted by atomic mass is 14.6. The van der Waals surface area contributed by atoms with E-state index in [1.54, 1.807) is 6.20 Å². The Morgan fingerprint density at radius 1 is 1.71 bits per heavy atom. The van der Waals surface area contributed by atoms with Crippen LogP contribution in [0.3, 0.4) is 0 Å². The van der Waals surface area contributed by atoms with Gasteiger partial charge in [0.15, 0.2) is 0 Å². The fourth-order valence-electron chi connectivity index (χ4n) is 0.316. The van der Waals surface area contributed by atoms with Crippen molar-refractivity contribution in [2.75, 3.05) is 0 Å². The lowest BCUT2D eigenvalue weighted by Gasteiger charge is -1.77. The van der Waals surface area contributed by atoms with Crippen LogP contribution < -0.4 is 0 Å². The lowest BCUT2D eigenvalue weighted by atomic mass is 10.3. The number of nitrogens with zero attached hydrogens (tertiary/aromatic N) is 1. The summed E-state index contributed by atoms with van der Waals surface area (Å²) in [6.45, 7) is 5.43. The van der Waals surface area contributed by atoms with Gasteiger partial charge in [0, 0.05) is 6.20 Å². The number of hydrogen-bond acceptors (Lipinski definition) is 1. The van der Waals surface area contributed by atoms with Gasteiger partial charge in [-0.25, -0.2) is 0 Å². The molecule has 0 N–H and O–H groups in total. The van der Waals surface area contributed by atoms with Crippen molar-refractivity contribution in [3.63, 3.8) is 0 Å².